The molecule has 1 saturated heterocycles. The van der Waals surface area contributed by atoms with Crippen LogP contribution in [0.25, 0.3) is 0 Å². The van der Waals surface area contributed by atoms with Crippen LogP contribution >= 0.6 is 12.2 Å². The molecule has 3 atom stereocenters. The Kier molecular flexibility index (Phi) is 6.27. The number of amides is 2. The predicted molar refractivity (Wildman–Crippen MR) is 125 cm³/mol. The third-order valence-corrected chi connectivity index (χ3v) is 7.10. The SMILES string of the molecule is CC(CCC(N)=O)c1ccc(C2CCC23NC(=S)N(c2cnc(C#N)c(C(F)(F)F)c2)C3=O)cc1. The first-order valence-corrected chi connectivity index (χ1v) is 11.4. The van der Waals surface area contributed by atoms with Crippen molar-refractivity contribution in [3.8, 4) is 6.07 Å². The van der Waals surface area contributed by atoms with Gasteiger partial charge in [-0.15, -0.1) is 0 Å². The molecule has 1 spiro atoms. The fraction of sp³-hybridized carbons (Fsp3) is 0.375. The van der Waals surface area contributed by atoms with Gasteiger partial charge in [-0.1, -0.05) is 31.2 Å². The number of pyridine rings is 1. The number of alkyl halides is 3. The van der Waals surface area contributed by atoms with Crippen LogP contribution in [-0.4, -0.2) is 27.4 Å². The number of carbonyl (C=O) groups is 2. The lowest BCUT2D eigenvalue weighted by Crippen LogP contribution is -2.58. The fourth-order valence-corrected chi connectivity index (χ4v) is 5.09. The van der Waals surface area contributed by atoms with Crippen molar-refractivity contribution in [2.45, 2.75) is 56.2 Å². The van der Waals surface area contributed by atoms with Crippen LogP contribution < -0.4 is 16.0 Å². The van der Waals surface area contributed by atoms with E-state index in [1.54, 1.807) is 0 Å². The van der Waals surface area contributed by atoms with Crippen LogP contribution in [0.2, 0.25) is 0 Å². The highest BCUT2D eigenvalue weighted by Gasteiger charge is 2.60. The molecule has 1 aromatic heterocycles. The number of nitrogens with one attached hydrogen (secondary N) is 1. The summed E-state index contributed by atoms with van der Waals surface area (Å²) in [7, 11) is 0. The average Bonchev–Trinajstić information content (AvgIpc) is 3.08. The molecule has 3 N–H and O–H groups in total. The average molecular weight is 502 g/mol. The van der Waals surface area contributed by atoms with E-state index in [9.17, 15) is 22.8 Å². The van der Waals surface area contributed by atoms with Gasteiger partial charge in [-0.2, -0.15) is 18.4 Å². The van der Waals surface area contributed by atoms with Crippen molar-refractivity contribution in [3.05, 3.63) is 58.9 Å². The Morgan fingerprint density at radius 1 is 1.40 bits per heavy atom. The Labute approximate surface area is 205 Å². The molecule has 2 fully saturated rings. The number of nitriles is 1. The Morgan fingerprint density at radius 2 is 2.09 bits per heavy atom. The van der Waals surface area contributed by atoms with Gasteiger partial charge in [0.15, 0.2) is 10.8 Å². The first-order valence-electron chi connectivity index (χ1n) is 11.0. The van der Waals surface area contributed by atoms with E-state index >= 15 is 0 Å². The third kappa shape index (κ3) is 4.34. The van der Waals surface area contributed by atoms with Crippen LogP contribution in [0.5, 0.6) is 0 Å². The zero-order chi connectivity index (χ0) is 25.5. The monoisotopic (exact) mass is 501 g/mol. The number of anilines is 1. The smallest absolute Gasteiger partial charge is 0.370 e. The maximum atomic E-state index is 13.5. The maximum Gasteiger partial charge on any atom is 0.419 e. The summed E-state index contributed by atoms with van der Waals surface area (Å²) < 4.78 is 40.3. The second-order valence-corrected chi connectivity index (χ2v) is 9.29. The maximum absolute atomic E-state index is 13.5. The molecule has 1 aliphatic carbocycles. The molecule has 2 heterocycles. The number of nitrogens with zero attached hydrogens (tertiary/aromatic N) is 3. The van der Waals surface area contributed by atoms with Gasteiger partial charge in [0.05, 0.1) is 17.4 Å². The topological polar surface area (TPSA) is 112 Å². The molecule has 35 heavy (non-hydrogen) atoms. The van der Waals surface area contributed by atoms with Crippen molar-refractivity contribution in [1.82, 2.24) is 10.3 Å². The van der Waals surface area contributed by atoms with E-state index in [1.807, 2.05) is 31.2 Å². The normalized spacial score (nSPS) is 22.5. The lowest BCUT2D eigenvalue weighted by atomic mass is 9.63. The van der Waals surface area contributed by atoms with Crippen molar-refractivity contribution in [1.29, 1.82) is 5.26 Å². The number of halogens is 3. The molecule has 1 aromatic carbocycles. The number of nitrogens with two attached hydrogens (primary N) is 1. The van der Waals surface area contributed by atoms with Gasteiger partial charge >= 0.3 is 6.18 Å². The minimum absolute atomic E-state index is 0.00368. The van der Waals surface area contributed by atoms with E-state index in [1.165, 1.54) is 6.07 Å². The van der Waals surface area contributed by atoms with Gasteiger partial charge in [-0.25, -0.2) is 4.98 Å². The molecule has 0 radical (unpaired) electrons. The minimum atomic E-state index is -4.81. The Bertz CT molecular complexity index is 1240. The number of hydrogen-bond acceptors (Lipinski definition) is 5. The highest BCUT2D eigenvalue weighted by molar-refractivity contribution is 7.80. The van der Waals surface area contributed by atoms with Crippen molar-refractivity contribution < 1.29 is 22.8 Å². The van der Waals surface area contributed by atoms with Crippen LogP contribution in [0.4, 0.5) is 18.9 Å². The summed E-state index contributed by atoms with van der Waals surface area (Å²) in [6.07, 6.45) is -1.66. The summed E-state index contributed by atoms with van der Waals surface area (Å²) in [5.74, 6) is -0.886. The van der Waals surface area contributed by atoms with Crippen LogP contribution in [0.15, 0.2) is 36.5 Å². The fourth-order valence-electron chi connectivity index (χ4n) is 4.72. The highest BCUT2D eigenvalue weighted by atomic mass is 32.1. The van der Waals surface area contributed by atoms with Crippen LogP contribution in [0.1, 0.15) is 66.8 Å². The van der Waals surface area contributed by atoms with Crippen molar-refractivity contribution in [2.24, 2.45) is 5.73 Å². The summed E-state index contributed by atoms with van der Waals surface area (Å²) in [5.41, 5.74) is 3.99. The molecule has 11 heteroatoms. The third-order valence-electron chi connectivity index (χ3n) is 6.81. The number of hydrogen-bond donors (Lipinski definition) is 2. The van der Waals surface area contributed by atoms with Gasteiger partial charge in [0.1, 0.15) is 11.6 Å². The molecule has 4 rings (SSSR count). The summed E-state index contributed by atoms with van der Waals surface area (Å²) in [4.78, 5) is 29.2. The number of carbonyl (C=O) groups excluding carboxylic acids is 2. The predicted octanol–water partition coefficient (Wildman–Crippen LogP) is 3.88. The van der Waals surface area contributed by atoms with Gasteiger partial charge in [-0.05, 0) is 54.6 Å². The van der Waals surface area contributed by atoms with E-state index in [0.29, 0.717) is 25.7 Å². The molecule has 182 valence electrons. The first-order chi connectivity index (χ1) is 16.5. The van der Waals surface area contributed by atoms with Gasteiger partial charge in [0.25, 0.3) is 5.91 Å². The van der Waals surface area contributed by atoms with E-state index in [-0.39, 0.29) is 28.5 Å². The first kappa shape index (κ1) is 24.6. The van der Waals surface area contributed by atoms with Crippen LogP contribution in [0, 0.1) is 11.3 Å². The molecule has 2 aromatic rings. The largest absolute Gasteiger partial charge is 0.419 e. The molecule has 0 bridgehead atoms. The summed E-state index contributed by atoms with van der Waals surface area (Å²) in [5, 5.41) is 12.0. The lowest BCUT2D eigenvalue weighted by molar-refractivity contribution is -0.138. The lowest BCUT2D eigenvalue weighted by Gasteiger charge is -2.45. The molecule has 2 aliphatic rings. The quantitative estimate of drug-likeness (QED) is 0.581. The second kappa shape index (κ2) is 8.92. The van der Waals surface area contributed by atoms with E-state index in [2.05, 4.69) is 10.3 Å². The number of primary amides is 1. The van der Waals surface area contributed by atoms with Gasteiger partial charge < -0.3 is 11.1 Å². The summed E-state index contributed by atoms with van der Waals surface area (Å²) >= 11 is 5.34. The highest BCUT2D eigenvalue weighted by Crippen LogP contribution is 2.50. The van der Waals surface area contributed by atoms with Gasteiger partial charge in [-0.3, -0.25) is 14.5 Å². The molecular weight excluding hydrogens is 479 g/mol. The number of rotatable bonds is 6. The van der Waals surface area contributed by atoms with Crippen molar-refractivity contribution in [2.75, 3.05) is 4.90 Å². The van der Waals surface area contributed by atoms with E-state index in [4.69, 9.17) is 23.2 Å². The van der Waals surface area contributed by atoms with Crippen molar-refractivity contribution >= 4 is 34.8 Å². The van der Waals surface area contributed by atoms with Gasteiger partial charge in [0, 0.05) is 12.3 Å². The summed E-state index contributed by atoms with van der Waals surface area (Å²) in [6, 6.07) is 9.90. The molecule has 1 saturated carbocycles. The molecule has 1 aliphatic heterocycles. The second-order valence-electron chi connectivity index (χ2n) is 8.91. The Hall–Kier alpha value is -3.52. The molecular formula is C24H22F3N5O2S. The Balaban J connectivity index is 1.58. The zero-order valence-corrected chi connectivity index (χ0v) is 19.5. The van der Waals surface area contributed by atoms with E-state index in [0.717, 1.165) is 28.3 Å². The zero-order valence-electron chi connectivity index (χ0n) is 18.7. The standard InChI is InChI=1S/C24H22F3N5O2S/c1-13(2-7-20(29)33)14-3-5-15(6-4-14)17-8-9-23(17)21(34)32(22(35)31-23)16-10-18(24(25,26)27)19(11-28)30-12-16/h3-6,10,12-13,17H,2,7-9H2,1H3,(H2,29,33)(H,31,35). The molecule has 7 nitrogen and oxygen atoms in total. The molecule has 2 amide bonds. The number of aromatic nitrogens is 1. The van der Waals surface area contributed by atoms with Crippen LogP contribution in [-0.2, 0) is 15.8 Å². The number of thiocarbonyl (C=S) groups is 1. The van der Waals surface area contributed by atoms with Crippen molar-refractivity contribution in [3.63, 3.8) is 0 Å². The molecule has 3 unspecified atom stereocenters. The minimum Gasteiger partial charge on any atom is -0.370 e. The van der Waals surface area contributed by atoms with Gasteiger partial charge in [0.2, 0.25) is 5.91 Å². The Morgan fingerprint density at radius 3 is 2.63 bits per heavy atom. The van der Waals surface area contributed by atoms with E-state index < -0.39 is 28.9 Å². The van der Waals surface area contributed by atoms with Crippen LogP contribution in [0.3, 0.4) is 0 Å². The summed E-state index contributed by atoms with van der Waals surface area (Å²) in [6.45, 7) is 2.00. The number of benzene rings is 1.